The van der Waals surface area contributed by atoms with Crippen LogP contribution >= 0.6 is 0 Å². The van der Waals surface area contributed by atoms with Crippen LogP contribution in [-0.4, -0.2) is 28.2 Å². The van der Waals surface area contributed by atoms with Gasteiger partial charge in [-0.15, -0.1) is 0 Å². The number of anilines is 1. The van der Waals surface area contributed by atoms with Gasteiger partial charge in [0.15, 0.2) is 0 Å². The van der Waals surface area contributed by atoms with Crippen molar-refractivity contribution < 1.29 is 9.53 Å². The van der Waals surface area contributed by atoms with E-state index in [1.165, 1.54) is 5.56 Å². The van der Waals surface area contributed by atoms with Crippen LogP contribution in [0.1, 0.15) is 30.4 Å². The highest BCUT2D eigenvalue weighted by molar-refractivity contribution is 5.76. The quantitative estimate of drug-likeness (QED) is 0.404. The Kier molecular flexibility index (Phi) is 5.26. The van der Waals surface area contributed by atoms with Gasteiger partial charge in [0.2, 0.25) is 11.5 Å². The van der Waals surface area contributed by atoms with E-state index in [0.717, 1.165) is 35.5 Å². The molecule has 1 unspecified atom stereocenters. The molecule has 2 aromatic carbocycles. The van der Waals surface area contributed by atoms with Crippen molar-refractivity contribution in [3.05, 3.63) is 74.9 Å². The number of aryl methyl sites for hydroxylation is 1. The van der Waals surface area contributed by atoms with E-state index in [4.69, 9.17) is 4.74 Å². The zero-order valence-corrected chi connectivity index (χ0v) is 17.7. The number of aromatic nitrogens is 2. The number of H-pyrrole nitrogens is 1. The molecule has 3 N–H and O–H groups in total. The number of nitrogens with one attached hydrogen (secondary N) is 3. The zero-order chi connectivity index (χ0) is 22.1. The molecule has 0 saturated heterocycles. The summed E-state index contributed by atoms with van der Waals surface area (Å²) in [6.45, 7) is 4.76. The van der Waals surface area contributed by atoms with Crippen molar-refractivity contribution >= 4 is 23.9 Å². The lowest BCUT2D eigenvalue weighted by molar-refractivity contribution is -0.121. The van der Waals surface area contributed by atoms with Crippen LogP contribution in [0, 0.1) is 0 Å². The van der Waals surface area contributed by atoms with Crippen LogP contribution in [0.5, 0.6) is 5.75 Å². The van der Waals surface area contributed by atoms with Crippen molar-refractivity contribution in [2.45, 2.75) is 38.4 Å². The van der Waals surface area contributed by atoms with E-state index in [2.05, 4.69) is 33.3 Å². The first-order chi connectivity index (χ1) is 15.6. The molecule has 8 heteroatoms. The van der Waals surface area contributed by atoms with Crippen molar-refractivity contribution in [3.63, 3.8) is 0 Å². The van der Waals surface area contributed by atoms with Crippen LogP contribution in [0.2, 0.25) is 0 Å². The molecular formula is C24H25N5O3. The fraction of sp³-hybridized carbons (Fsp3) is 0.292. The molecule has 5 rings (SSSR count). The van der Waals surface area contributed by atoms with Crippen molar-refractivity contribution in [2.24, 2.45) is 4.99 Å². The maximum absolute atomic E-state index is 12.3. The van der Waals surface area contributed by atoms with Crippen LogP contribution in [0.15, 0.2) is 52.3 Å². The average molecular weight is 431 g/mol. The molecule has 0 spiro atoms. The lowest BCUT2D eigenvalue weighted by Gasteiger charge is -2.27. The van der Waals surface area contributed by atoms with Crippen molar-refractivity contribution in [2.75, 3.05) is 11.9 Å². The van der Waals surface area contributed by atoms with E-state index in [9.17, 15) is 9.59 Å². The number of hydrogen-bond acceptors (Lipinski definition) is 5. The number of aromatic amines is 1. The third-order valence-electron chi connectivity index (χ3n) is 5.88. The molecule has 0 saturated carbocycles. The monoisotopic (exact) mass is 431 g/mol. The van der Waals surface area contributed by atoms with E-state index >= 15 is 0 Å². The van der Waals surface area contributed by atoms with E-state index in [1.54, 1.807) is 4.57 Å². The van der Waals surface area contributed by atoms with Gasteiger partial charge in [0, 0.05) is 17.7 Å². The summed E-state index contributed by atoms with van der Waals surface area (Å²) in [4.78, 5) is 31.3. The first kappa shape index (κ1) is 20.1. The van der Waals surface area contributed by atoms with Gasteiger partial charge in [-0.2, -0.15) is 0 Å². The Labute approximate surface area is 184 Å². The lowest BCUT2D eigenvalue weighted by Crippen LogP contribution is -2.42. The maximum Gasteiger partial charge on any atom is 0.274 e. The molecule has 164 valence electrons. The summed E-state index contributed by atoms with van der Waals surface area (Å²) in [6.07, 6.45) is 2.82. The van der Waals surface area contributed by atoms with Gasteiger partial charge in [-0.3, -0.25) is 14.6 Å². The molecule has 2 aliphatic heterocycles. The van der Waals surface area contributed by atoms with E-state index in [-0.39, 0.29) is 17.6 Å². The van der Waals surface area contributed by atoms with E-state index < -0.39 is 0 Å². The molecule has 32 heavy (non-hydrogen) atoms. The Balaban J connectivity index is 1.10. The topological polar surface area (TPSA) is 101 Å². The smallest absolute Gasteiger partial charge is 0.274 e. The highest BCUT2D eigenvalue weighted by atomic mass is 16.5. The van der Waals surface area contributed by atoms with E-state index in [0.29, 0.717) is 37.0 Å². The molecule has 1 aromatic heterocycles. The molecule has 0 bridgehead atoms. The van der Waals surface area contributed by atoms with Crippen LogP contribution in [-0.2, 0) is 17.8 Å². The maximum atomic E-state index is 12.3. The third kappa shape index (κ3) is 4.03. The van der Waals surface area contributed by atoms with Crippen molar-refractivity contribution in [3.8, 4) is 5.75 Å². The number of para-hydroxylation sites is 1. The van der Waals surface area contributed by atoms with Gasteiger partial charge in [-0.1, -0.05) is 24.8 Å². The molecule has 0 radical (unpaired) electrons. The Hall–Kier alpha value is -3.81. The first-order valence-corrected chi connectivity index (χ1v) is 10.8. The Morgan fingerprint density at radius 3 is 3.03 bits per heavy atom. The predicted octanol–water partition coefficient (Wildman–Crippen LogP) is 1.56. The predicted molar refractivity (Wildman–Crippen MR) is 122 cm³/mol. The summed E-state index contributed by atoms with van der Waals surface area (Å²) in [5, 5.41) is 6.84. The first-order valence-electron chi connectivity index (χ1n) is 10.8. The molecule has 0 aliphatic carbocycles. The Bertz CT molecular complexity index is 1340. The number of hydrogen-bond donors (Lipinski definition) is 3. The van der Waals surface area contributed by atoms with Gasteiger partial charge in [-0.05, 0) is 49.1 Å². The summed E-state index contributed by atoms with van der Waals surface area (Å²) >= 11 is 0. The molecule has 3 aromatic rings. The number of amides is 1. The zero-order valence-electron chi connectivity index (χ0n) is 17.7. The lowest BCUT2D eigenvalue weighted by atomic mass is 10.0. The van der Waals surface area contributed by atoms with E-state index in [1.807, 2.05) is 36.4 Å². The molecule has 0 fully saturated rings. The minimum atomic E-state index is -0.223. The van der Waals surface area contributed by atoms with Crippen LogP contribution in [0.4, 0.5) is 11.4 Å². The van der Waals surface area contributed by atoms with Crippen LogP contribution in [0.3, 0.4) is 0 Å². The minimum absolute atomic E-state index is 0.0162. The summed E-state index contributed by atoms with van der Waals surface area (Å²) in [5.41, 5.74) is 4.44. The van der Waals surface area contributed by atoms with Gasteiger partial charge in [-0.25, -0.2) is 4.99 Å². The number of imidazole rings is 1. The summed E-state index contributed by atoms with van der Waals surface area (Å²) in [6, 6.07) is 13.8. The molecule has 1 amide bonds. The van der Waals surface area contributed by atoms with Crippen molar-refractivity contribution in [1.29, 1.82) is 0 Å². The van der Waals surface area contributed by atoms with Gasteiger partial charge < -0.3 is 19.9 Å². The number of benzene rings is 2. The summed E-state index contributed by atoms with van der Waals surface area (Å²) in [7, 11) is 0. The normalized spacial score (nSPS) is 16.1. The minimum Gasteiger partial charge on any atom is -0.494 e. The number of ether oxygens (including phenoxy) is 1. The second-order valence-corrected chi connectivity index (χ2v) is 8.13. The molecular weight excluding hydrogens is 406 g/mol. The largest absolute Gasteiger partial charge is 0.494 e. The van der Waals surface area contributed by atoms with Crippen LogP contribution in [0.25, 0.3) is 6.58 Å². The molecule has 3 heterocycles. The number of fused-ring (bicyclic) bond motifs is 3. The fourth-order valence-electron chi connectivity index (χ4n) is 4.16. The molecule has 2 aliphatic rings. The average Bonchev–Trinajstić information content (AvgIpc) is 3.07. The number of carbonyl (C=O) groups excluding carboxylic acids is 1. The van der Waals surface area contributed by atoms with Gasteiger partial charge in [0.05, 0.1) is 25.0 Å². The highest BCUT2D eigenvalue weighted by Gasteiger charge is 2.18. The highest BCUT2D eigenvalue weighted by Crippen LogP contribution is 2.26. The third-order valence-corrected chi connectivity index (χ3v) is 5.88. The number of nitrogens with zero attached hydrogens (tertiary/aromatic N) is 2. The number of rotatable bonds is 6. The molecule has 1 atom stereocenters. The fourth-order valence-corrected chi connectivity index (χ4v) is 4.16. The van der Waals surface area contributed by atoms with Crippen molar-refractivity contribution in [1.82, 2.24) is 14.9 Å². The van der Waals surface area contributed by atoms with Gasteiger partial charge in [0.1, 0.15) is 11.1 Å². The Morgan fingerprint density at radius 1 is 1.25 bits per heavy atom. The summed E-state index contributed by atoms with van der Waals surface area (Å²) < 4.78 is 7.61. The summed E-state index contributed by atoms with van der Waals surface area (Å²) in [5.74, 6) is 0.736. The van der Waals surface area contributed by atoms with Gasteiger partial charge in [0.25, 0.3) is 5.56 Å². The standard InChI is InChI=1S/C24H25N5O3/c1-15-23(31)28-24-26-20-10-9-18(13-17(20)14-29(15)24)32-12-4-7-22(30)27-21-11-8-16-5-2-3-6-19(16)25-21/h2-3,5-6,9-10,13,21,25H,1,4,7-8,11-12,14H2,(H,27,30)(H,26,28,31). The number of carbonyl (C=O) groups is 1. The Morgan fingerprint density at radius 2 is 2.12 bits per heavy atom. The SMILES string of the molecule is C=c1c(=O)[nH]c2n1Cc1cc(OCCCC(=O)NC3CCc4ccccc4N3)ccc1N=2. The van der Waals surface area contributed by atoms with Gasteiger partial charge >= 0.3 is 0 Å². The second-order valence-electron chi connectivity index (χ2n) is 8.13. The second kappa shape index (κ2) is 8.37. The van der Waals surface area contributed by atoms with Crippen LogP contribution < -0.4 is 31.9 Å². The molecule has 8 nitrogen and oxygen atoms in total.